The smallest absolute Gasteiger partial charge is 0.317 e. The molecule has 2 heterocycles. The molecule has 1 saturated heterocycles. The van der Waals surface area contributed by atoms with E-state index in [4.69, 9.17) is 4.74 Å². The molecule has 1 aliphatic heterocycles. The molecule has 2 N–H and O–H groups in total. The van der Waals surface area contributed by atoms with Gasteiger partial charge in [0.15, 0.2) is 0 Å². The molecule has 2 aromatic rings. The molecule has 1 unspecified atom stereocenters. The first-order valence-corrected chi connectivity index (χ1v) is 9.52. The molecule has 0 saturated carbocycles. The average molecular weight is 373 g/mol. The highest BCUT2D eigenvalue weighted by molar-refractivity contribution is 7.10. The van der Waals surface area contributed by atoms with Gasteiger partial charge in [-0.05, 0) is 30.0 Å². The van der Waals surface area contributed by atoms with Crippen molar-refractivity contribution in [1.82, 2.24) is 15.5 Å². The van der Waals surface area contributed by atoms with Gasteiger partial charge in [0.1, 0.15) is 12.4 Å². The SMILES string of the molecule is CC(=O)NC1CCN(C(=O)NCc2cc(COc3ccccc3)cs2)C1. The first-order chi connectivity index (χ1) is 12.6. The zero-order chi connectivity index (χ0) is 18.4. The van der Waals surface area contributed by atoms with Crippen molar-refractivity contribution in [2.75, 3.05) is 13.1 Å². The fourth-order valence-corrected chi connectivity index (χ4v) is 3.72. The van der Waals surface area contributed by atoms with Crippen molar-refractivity contribution in [3.63, 3.8) is 0 Å². The first kappa shape index (κ1) is 18.3. The van der Waals surface area contributed by atoms with Crippen molar-refractivity contribution in [2.45, 2.75) is 32.5 Å². The van der Waals surface area contributed by atoms with Crippen LogP contribution in [0.2, 0.25) is 0 Å². The molecule has 3 rings (SSSR count). The summed E-state index contributed by atoms with van der Waals surface area (Å²) in [4.78, 5) is 26.2. The highest BCUT2D eigenvalue weighted by Crippen LogP contribution is 2.18. The van der Waals surface area contributed by atoms with Crippen LogP contribution in [0, 0.1) is 0 Å². The third kappa shape index (κ3) is 5.23. The predicted molar refractivity (Wildman–Crippen MR) is 101 cm³/mol. The molecule has 138 valence electrons. The highest BCUT2D eigenvalue weighted by atomic mass is 32.1. The van der Waals surface area contributed by atoms with Gasteiger partial charge < -0.3 is 20.3 Å². The van der Waals surface area contributed by atoms with E-state index in [0.29, 0.717) is 26.2 Å². The second kappa shape index (κ2) is 8.71. The summed E-state index contributed by atoms with van der Waals surface area (Å²) in [6, 6.07) is 11.7. The number of amides is 3. The molecule has 3 amide bonds. The summed E-state index contributed by atoms with van der Waals surface area (Å²) in [6.07, 6.45) is 0.799. The van der Waals surface area contributed by atoms with Crippen LogP contribution >= 0.6 is 11.3 Å². The summed E-state index contributed by atoms with van der Waals surface area (Å²) in [7, 11) is 0. The van der Waals surface area contributed by atoms with Crippen LogP contribution in [0.5, 0.6) is 5.75 Å². The number of carbonyl (C=O) groups is 2. The van der Waals surface area contributed by atoms with Gasteiger partial charge in [-0.2, -0.15) is 0 Å². The third-order valence-corrected chi connectivity index (χ3v) is 5.14. The Balaban J connectivity index is 1.42. The first-order valence-electron chi connectivity index (χ1n) is 8.64. The summed E-state index contributed by atoms with van der Waals surface area (Å²) in [5, 5.41) is 7.85. The average Bonchev–Trinajstić information content (AvgIpc) is 3.28. The van der Waals surface area contributed by atoms with Gasteiger partial charge in [-0.1, -0.05) is 18.2 Å². The van der Waals surface area contributed by atoms with Gasteiger partial charge >= 0.3 is 6.03 Å². The summed E-state index contributed by atoms with van der Waals surface area (Å²) < 4.78 is 5.73. The topological polar surface area (TPSA) is 70.7 Å². The molecular formula is C19H23N3O3S. The number of carbonyl (C=O) groups excluding carboxylic acids is 2. The number of para-hydroxylation sites is 1. The fraction of sp³-hybridized carbons (Fsp3) is 0.368. The van der Waals surface area contributed by atoms with Gasteiger partial charge in [-0.15, -0.1) is 11.3 Å². The maximum absolute atomic E-state index is 12.2. The number of benzene rings is 1. The van der Waals surface area contributed by atoms with Gasteiger partial charge in [-0.3, -0.25) is 4.79 Å². The molecule has 7 heteroatoms. The Bertz CT molecular complexity index is 747. The molecule has 1 aromatic heterocycles. The molecular weight excluding hydrogens is 350 g/mol. The number of likely N-dealkylation sites (tertiary alicyclic amines) is 1. The monoisotopic (exact) mass is 373 g/mol. The van der Waals surface area contributed by atoms with Gasteiger partial charge in [0.25, 0.3) is 0 Å². The Kier molecular flexibility index (Phi) is 6.12. The summed E-state index contributed by atoms with van der Waals surface area (Å²) in [6.45, 7) is 3.73. The normalized spacial score (nSPS) is 16.3. The van der Waals surface area contributed by atoms with Crippen LogP contribution in [0.1, 0.15) is 23.8 Å². The minimum atomic E-state index is -0.0895. The number of thiophene rings is 1. The van der Waals surface area contributed by atoms with E-state index in [-0.39, 0.29) is 18.0 Å². The Labute approximate surface area is 157 Å². The molecule has 1 aliphatic rings. The van der Waals surface area contributed by atoms with Crippen LogP contribution in [-0.2, 0) is 17.9 Å². The Morgan fingerprint density at radius 1 is 1.31 bits per heavy atom. The lowest BCUT2D eigenvalue weighted by Gasteiger charge is -2.17. The van der Waals surface area contributed by atoms with Crippen molar-refractivity contribution >= 4 is 23.3 Å². The number of hydrogen-bond donors (Lipinski definition) is 2. The zero-order valence-electron chi connectivity index (χ0n) is 14.7. The van der Waals surface area contributed by atoms with Crippen molar-refractivity contribution in [3.05, 3.63) is 52.2 Å². The van der Waals surface area contributed by atoms with Crippen molar-refractivity contribution < 1.29 is 14.3 Å². The van der Waals surface area contributed by atoms with Crippen LogP contribution in [0.25, 0.3) is 0 Å². The van der Waals surface area contributed by atoms with Crippen molar-refractivity contribution in [2.24, 2.45) is 0 Å². The number of hydrogen-bond acceptors (Lipinski definition) is 4. The maximum Gasteiger partial charge on any atom is 0.317 e. The Morgan fingerprint density at radius 2 is 2.12 bits per heavy atom. The Morgan fingerprint density at radius 3 is 2.88 bits per heavy atom. The lowest BCUT2D eigenvalue weighted by Crippen LogP contribution is -2.41. The summed E-state index contributed by atoms with van der Waals surface area (Å²) >= 11 is 1.61. The van der Waals surface area contributed by atoms with E-state index in [9.17, 15) is 9.59 Å². The minimum Gasteiger partial charge on any atom is -0.489 e. The molecule has 1 atom stereocenters. The van der Waals surface area contributed by atoms with Crippen molar-refractivity contribution in [1.29, 1.82) is 0 Å². The molecule has 6 nitrogen and oxygen atoms in total. The zero-order valence-corrected chi connectivity index (χ0v) is 15.6. The van der Waals surface area contributed by atoms with Crippen LogP contribution in [0.3, 0.4) is 0 Å². The van der Waals surface area contributed by atoms with Crippen LogP contribution in [0.15, 0.2) is 41.8 Å². The summed E-state index contributed by atoms with van der Waals surface area (Å²) in [5.41, 5.74) is 1.09. The van der Waals surface area contributed by atoms with Crippen molar-refractivity contribution in [3.8, 4) is 5.75 Å². The van der Waals surface area contributed by atoms with E-state index >= 15 is 0 Å². The predicted octanol–water partition coefficient (Wildman–Crippen LogP) is 2.75. The number of ether oxygens (including phenoxy) is 1. The third-order valence-electron chi connectivity index (χ3n) is 4.15. The molecule has 0 aliphatic carbocycles. The van der Waals surface area contributed by atoms with Gasteiger partial charge in [0, 0.05) is 36.5 Å². The van der Waals surface area contributed by atoms with E-state index in [1.165, 1.54) is 6.92 Å². The van der Waals surface area contributed by atoms with E-state index in [0.717, 1.165) is 22.6 Å². The number of urea groups is 1. The van der Waals surface area contributed by atoms with Crippen LogP contribution < -0.4 is 15.4 Å². The number of nitrogens with one attached hydrogen (secondary N) is 2. The fourth-order valence-electron chi connectivity index (χ4n) is 2.90. The van der Waals surface area contributed by atoms with Gasteiger partial charge in [0.05, 0.1) is 6.54 Å². The van der Waals surface area contributed by atoms with E-state index in [1.54, 1.807) is 16.2 Å². The number of nitrogens with zero attached hydrogens (tertiary/aromatic N) is 1. The lowest BCUT2D eigenvalue weighted by molar-refractivity contribution is -0.119. The van der Waals surface area contributed by atoms with E-state index in [2.05, 4.69) is 16.7 Å². The molecule has 0 spiro atoms. The Hall–Kier alpha value is -2.54. The number of rotatable bonds is 6. The molecule has 26 heavy (non-hydrogen) atoms. The maximum atomic E-state index is 12.2. The van der Waals surface area contributed by atoms with Crippen LogP contribution in [0.4, 0.5) is 4.79 Å². The molecule has 1 fully saturated rings. The van der Waals surface area contributed by atoms with E-state index in [1.807, 2.05) is 35.7 Å². The largest absolute Gasteiger partial charge is 0.489 e. The van der Waals surface area contributed by atoms with Crippen LogP contribution in [-0.4, -0.2) is 36.0 Å². The quantitative estimate of drug-likeness (QED) is 0.818. The second-order valence-corrected chi connectivity index (χ2v) is 7.31. The summed E-state index contributed by atoms with van der Waals surface area (Å²) in [5.74, 6) is 0.789. The van der Waals surface area contributed by atoms with Gasteiger partial charge in [0.2, 0.25) is 5.91 Å². The highest BCUT2D eigenvalue weighted by Gasteiger charge is 2.26. The van der Waals surface area contributed by atoms with Gasteiger partial charge in [-0.25, -0.2) is 4.79 Å². The molecule has 0 bridgehead atoms. The lowest BCUT2D eigenvalue weighted by atomic mass is 10.3. The second-order valence-electron chi connectivity index (χ2n) is 6.31. The van der Waals surface area contributed by atoms with E-state index < -0.39 is 0 Å². The standard InChI is InChI=1S/C19H23N3O3S/c1-14(23)21-16-7-8-22(11-16)19(24)20-10-18-9-15(13-26-18)12-25-17-5-3-2-4-6-17/h2-6,9,13,16H,7-8,10-12H2,1H3,(H,20,24)(H,21,23). The molecule has 1 aromatic carbocycles. The molecule has 0 radical (unpaired) electrons. The minimum absolute atomic E-state index is 0.0545.